The highest BCUT2D eigenvalue weighted by atomic mass is 16.5. The molecular formula is C12H10N4O. The fraction of sp³-hybridized carbons (Fsp3) is 0.167. The molecule has 0 aliphatic heterocycles. The van der Waals surface area contributed by atoms with Gasteiger partial charge in [-0.3, -0.25) is 10.2 Å². The van der Waals surface area contributed by atoms with Crippen molar-refractivity contribution in [1.29, 1.82) is 0 Å². The zero-order valence-corrected chi connectivity index (χ0v) is 8.92. The van der Waals surface area contributed by atoms with E-state index in [1.165, 1.54) is 0 Å². The number of terminal acetylenes is 2. The molecule has 2 unspecified atom stereocenters. The SMILES string of the molecule is C#CC(OC(C#C)c1ccn[nH]1)c1ccn[nH]1. The number of hydrogen-bond acceptors (Lipinski definition) is 3. The Morgan fingerprint density at radius 3 is 1.76 bits per heavy atom. The summed E-state index contributed by atoms with van der Waals surface area (Å²) in [6.45, 7) is 0. The van der Waals surface area contributed by atoms with Gasteiger partial charge in [-0.2, -0.15) is 10.2 Å². The maximum absolute atomic E-state index is 5.62. The Bertz CT molecular complexity index is 480. The van der Waals surface area contributed by atoms with Crippen LogP contribution in [0, 0.1) is 24.7 Å². The molecule has 5 heteroatoms. The predicted octanol–water partition coefficient (Wildman–Crippen LogP) is 1.20. The molecule has 17 heavy (non-hydrogen) atoms. The maximum atomic E-state index is 5.62. The smallest absolute Gasteiger partial charge is 0.161 e. The average molecular weight is 226 g/mol. The molecule has 2 atom stereocenters. The molecule has 84 valence electrons. The second kappa shape index (κ2) is 5.02. The van der Waals surface area contributed by atoms with Crippen molar-refractivity contribution in [3.63, 3.8) is 0 Å². The summed E-state index contributed by atoms with van der Waals surface area (Å²) in [5, 5.41) is 13.1. The van der Waals surface area contributed by atoms with Crippen LogP contribution in [0.4, 0.5) is 0 Å². The van der Waals surface area contributed by atoms with Crippen LogP contribution in [0.2, 0.25) is 0 Å². The highest BCUT2D eigenvalue weighted by Gasteiger charge is 2.18. The van der Waals surface area contributed by atoms with Crippen molar-refractivity contribution in [2.24, 2.45) is 0 Å². The van der Waals surface area contributed by atoms with Crippen LogP contribution in [0.15, 0.2) is 24.5 Å². The quantitative estimate of drug-likeness (QED) is 0.770. The topological polar surface area (TPSA) is 66.6 Å². The summed E-state index contributed by atoms with van der Waals surface area (Å²) in [6.07, 6.45) is 12.9. The molecule has 2 aromatic heterocycles. The fourth-order valence-corrected chi connectivity index (χ4v) is 1.37. The first-order valence-corrected chi connectivity index (χ1v) is 4.91. The average Bonchev–Trinajstić information content (AvgIpc) is 3.03. The monoisotopic (exact) mass is 226 g/mol. The van der Waals surface area contributed by atoms with Crippen LogP contribution < -0.4 is 0 Å². The lowest BCUT2D eigenvalue weighted by Gasteiger charge is -2.15. The number of ether oxygens (including phenoxy) is 1. The Morgan fingerprint density at radius 2 is 1.47 bits per heavy atom. The van der Waals surface area contributed by atoms with Crippen LogP contribution >= 0.6 is 0 Å². The molecule has 0 aromatic carbocycles. The molecule has 2 aromatic rings. The second-order valence-corrected chi connectivity index (χ2v) is 3.25. The molecule has 0 radical (unpaired) electrons. The molecule has 0 amide bonds. The van der Waals surface area contributed by atoms with E-state index in [0.29, 0.717) is 11.4 Å². The van der Waals surface area contributed by atoms with E-state index in [-0.39, 0.29) is 0 Å². The van der Waals surface area contributed by atoms with Gasteiger partial charge in [0.2, 0.25) is 0 Å². The molecule has 0 saturated carbocycles. The number of nitrogens with zero attached hydrogens (tertiary/aromatic N) is 2. The van der Waals surface area contributed by atoms with Gasteiger partial charge in [-0.05, 0) is 12.1 Å². The zero-order chi connectivity index (χ0) is 12.1. The van der Waals surface area contributed by atoms with Crippen LogP contribution in [0.5, 0.6) is 0 Å². The van der Waals surface area contributed by atoms with E-state index in [1.807, 2.05) is 0 Å². The number of aromatic amines is 2. The standard InChI is InChI=1S/C12H10N4O/c1-3-11(9-5-7-13-15-9)17-12(4-2)10-6-8-14-16-10/h1-2,5-8,11-12H,(H,13,15)(H,14,16). The normalized spacial score (nSPS) is 13.5. The Labute approximate surface area is 98.6 Å². The van der Waals surface area contributed by atoms with Crippen LogP contribution in [-0.2, 0) is 4.74 Å². The third kappa shape index (κ3) is 2.36. The van der Waals surface area contributed by atoms with E-state index in [2.05, 4.69) is 32.2 Å². The number of aromatic nitrogens is 4. The molecule has 0 bridgehead atoms. The van der Waals surface area contributed by atoms with E-state index < -0.39 is 12.2 Å². The molecule has 0 aliphatic rings. The first-order chi connectivity index (χ1) is 8.35. The predicted molar refractivity (Wildman–Crippen MR) is 61.4 cm³/mol. The van der Waals surface area contributed by atoms with Crippen molar-refractivity contribution < 1.29 is 4.74 Å². The van der Waals surface area contributed by atoms with E-state index in [0.717, 1.165) is 0 Å². The third-order valence-electron chi connectivity index (χ3n) is 2.18. The Hall–Kier alpha value is -2.50. The molecule has 0 spiro atoms. The lowest BCUT2D eigenvalue weighted by atomic mass is 10.2. The summed E-state index contributed by atoms with van der Waals surface area (Å²) < 4.78 is 5.62. The molecule has 2 N–H and O–H groups in total. The van der Waals surface area contributed by atoms with Gasteiger partial charge < -0.3 is 4.74 Å². The van der Waals surface area contributed by atoms with E-state index in [9.17, 15) is 0 Å². The Balaban J connectivity index is 2.14. The maximum Gasteiger partial charge on any atom is 0.161 e. The van der Waals surface area contributed by atoms with Gasteiger partial charge in [0.25, 0.3) is 0 Å². The number of hydrogen-bond donors (Lipinski definition) is 2. The minimum Gasteiger partial charge on any atom is -0.337 e. The van der Waals surface area contributed by atoms with E-state index in [4.69, 9.17) is 17.6 Å². The Kier molecular flexibility index (Phi) is 3.25. The van der Waals surface area contributed by atoms with Crippen molar-refractivity contribution in [2.75, 3.05) is 0 Å². The second-order valence-electron chi connectivity index (χ2n) is 3.25. The third-order valence-corrected chi connectivity index (χ3v) is 2.18. The summed E-state index contributed by atoms with van der Waals surface area (Å²) >= 11 is 0. The minimum absolute atomic E-state index is 0.568. The van der Waals surface area contributed by atoms with Crippen LogP contribution in [0.25, 0.3) is 0 Å². The highest BCUT2D eigenvalue weighted by molar-refractivity contribution is 5.18. The lowest BCUT2D eigenvalue weighted by molar-refractivity contribution is 0.0467. The molecule has 2 rings (SSSR count). The van der Waals surface area contributed by atoms with Gasteiger partial charge in [0.05, 0.1) is 11.4 Å². The fourth-order valence-electron chi connectivity index (χ4n) is 1.37. The summed E-state index contributed by atoms with van der Waals surface area (Å²) in [6, 6.07) is 3.48. The van der Waals surface area contributed by atoms with E-state index in [1.54, 1.807) is 24.5 Å². The molecule has 5 nitrogen and oxygen atoms in total. The summed E-state index contributed by atoms with van der Waals surface area (Å²) in [4.78, 5) is 0. The molecule has 2 heterocycles. The lowest BCUT2D eigenvalue weighted by Crippen LogP contribution is -2.08. The molecule has 0 aliphatic carbocycles. The van der Waals surface area contributed by atoms with E-state index >= 15 is 0 Å². The van der Waals surface area contributed by atoms with Crippen molar-refractivity contribution in [3.8, 4) is 24.7 Å². The summed E-state index contributed by atoms with van der Waals surface area (Å²) in [5.74, 6) is 5.02. The number of nitrogens with one attached hydrogen (secondary N) is 2. The van der Waals surface area contributed by atoms with Crippen LogP contribution in [0.3, 0.4) is 0 Å². The van der Waals surface area contributed by atoms with Gasteiger partial charge in [-0.1, -0.05) is 11.8 Å². The number of H-pyrrole nitrogens is 2. The highest BCUT2D eigenvalue weighted by Crippen LogP contribution is 2.23. The van der Waals surface area contributed by atoms with Gasteiger partial charge in [-0.15, -0.1) is 12.8 Å². The number of rotatable bonds is 4. The van der Waals surface area contributed by atoms with Crippen molar-refractivity contribution in [2.45, 2.75) is 12.2 Å². The largest absolute Gasteiger partial charge is 0.337 e. The van der Waals surface area contributed by atoms with Crippen molar-refractivity contribution in [3.05, 3.63) is 35.9 Å². The van der Waals surface area contributed by atoms with Crippen molar-refractivity contribution in [1.82, 2.24) is 20.4 Å². The molecule has 0 fully saturated rings. The van der Waals surface area contributed by atoms with Gasteiger partial charge in [0.15, 0.2) is 12.2 Å². The summed E-state index contributed by atoms with van der Waals surface area (Å²) in [5.41, 5.74) is 1.37. The van der Waals surface area contributed by atoms with Gasteiger partial charge in [-0.25, -0.2) is 0 Å². The first-order valence-electron chi connectivity index (χ1n) is 4.91. The van der Waals surface area contributed by atoms with Crippen LogP contribution in [-0.4, -0.2) is 20.4 Å². The van der Waals surface area contributed by atoms with Crippen LogP contribution in [0.1, 0.15) is 23.6 Å². The van der Waals surface area contributed by atoms with Gasteiger partial charge in [0, 0.05) is 12.4 Å². The molecular weight excluding hydrogens is 216 g/mol. The zero-order valence-electron chi connectivity index (χ0n) is 8.92. The molecule has 0 saturated heterocycles. The van der Waals surface area contributed by atoms with Gasteiger partial charge >= 0.3 is 0 Å². The Morgan fingerprint density at radius 1 is 1.00 bits per heavy atom. The minimum atomic E-state index is -0.568. The first kappa shape index (κ1) is 11.0. The van der Waals surface area contributed by atoms with Crippen molar-refractivity contribution >= 4 is 0 Å². The van der Waals surface area contributed by atoms with Gasteiger partial charge in [0.1, 0.15) is 0 Å². The summed E-state index contributed by atoms with van der Waals surface area (Å²) in [7, 11) is 0.